The molecule has 1 heterocycles. The molecule has 226 valence electrons. The molecule has 5 atom stereocenters. The van der Waals surface area contributed by atoms with Crippen molar-refractivity contribution in [2.75, 3.05) is 13.7 Å². The van der Waals surface area contributed by atoms with E-state index in [0.29, 0.717) is 31.5 Å². The Labute approximate surface area is 266 Å². The molecule has 1 aliphatic heterocycles. The van der Waals surface area contributed by atoms with E-state index in [9.17, 15) is 0 Å². The average molecular weight is 668 g/mol. The summed E-state index contributed by atoms with van der Waals surface area (Å²) in [5.74, 6) is 0. The van der Waals surface area contributed by atoms with E-state index in [1.807, 2.05) is 109 Å². The SMILES string of the molecule is CO[C@@H]1O[C@H](COCc2ccc(Cl)cc2)[C@H](OCc2ccccc2)[C@H](OCc2ccccc2)C1OCc1ccccc1Br. The highest BCUT2D eigenvalue weighted by Crippen LogP contribution is 2.32. The second-order valence-electron chi connectivity index (χ2n) is 10.3. The van der Waals surface area contributed by atoms with Gasteiger partial charge in [-0.15, -0.1) is 0 Å². The molecule has 1 aliphatic rings. The summed E-state index contributed by atoms with van der Waals surface area (Å²) < 4.78 is 39.3. The van der Waals surface area contributed by atoms with Crippen molar-refractivity contribution in [3.05, 3.63) is 141 Å². The van der Waals surface area contributed by atoms with E-state index in [1.165, 1.54) is 0 Å². The smallest absolute Gasteiger partial charge is 0.186 e. The van der Waals surface area contributed by atoms with Gasteiger partial charge in [-0.1, -0.05) is 119 Å². The Balaban J connectivity index is 1.39. The first kappa shape index (κ1) is 31.8. The first-order chi connectivity index (χ1) is 21.1. The van der Waals surface area contributed by atoms with Crippen LogP contribution in [0.15, 0.2) is 114 Å². The van der Waals surface area contributed by atoms with Gasteiger partial charge in [0.1, 0.15) is 24.4 Å². The van der Waals surface area contributed by atoms with Crippen molar-refractivity contribution in [2.24, 2.45) is 0 Å². The molecule has 0 N–H and O–H groups in total. The Bertz CT molecular complexity index is 1370. The monoisotopic (exact) mass is 666 g/mol. The zero-order valence-corrected chi connectivity index (χ0v) is 26.4. The van der Waals surface area contributed by atoms with E-state index in [-0.39, 0.29) is 6.61 Å². The number of hydrogen-bond acceptors (Lipinski definition) is 6. The van der Waals surface area contributed by atoms with Crippen LogP contribution in [-0.2, 0) is 54.8 Å². The Morgan fingerprint density at radius 1 is 0.628 bits per heavy atom. The molecule has 1 unspecified atom stereocenters. The molecule has 0 saturated carbocycles. The van der Waals surface area contributed by atoms with Crippen LogP contribution >= 0.6 is 27.5 Å². The molecule has 8 heteroatoms. The molecule has 4 aromatic rings. The molecule has 0 radical (unpaired) electrons. The van der Waals surface area contributed by atoms with Crippen LogP contribution < -0.4 is 0 Å². The zero-order valence-electron chi connectivity index (χ0n) is 24.0. The maximum atomic E-state index is 6.65. The Kier molecular flexibility index (Phi) is 12.2. The van der Waals surface area contributed by atoms with E-state index in [1.54, 1.807) is 7.11 Å². The molecule has 4 aromatic carbocycles. The van der Waals surface area contributed by atoms with Crippen molar-refractivity contribution < 1.29 is 28.4 Å². The minimum atomic E-state index is -0.705. The standard InChI is InChI=1S/C35H36BrClO6/c1-38-35-34(42-23-28-14-8-9-15-30(28)36)33(41-22-26-12-6-3-7-13-26)32(40-21-25-10-4-2-5-11-25)31(43-35)24-39-20-27-16-18-29(37)19-17-27/h2-19,31-35H,20-24H2,1H3/t31-,32+,33+,34?,35-/m1/s1. The lowest BCUT2D eigenvalue weighted by Crippen LogP contribution is -2.61. The summed E-state index contributed by atoms with van der Waals surface area (Å²) in [6.45, 7) is 1.76. The predicted molar refractivity (Wildman–Crippen MR) is 170 cm³/mol. The van der Waals surface area contributed by atoms with Crippen LogP contribution in [-0.4, -0.2) is 44.4 Å². The molecule has 5 rings (SSSR count). The number of ether oxygens (including phenoxy) is 6. The highest BCUT2D eigenvalue weighted by atomic mass is 79.9. The van der Waals surface area contributed by atoms with E-state index in [4.69, 9.17) is 40.0 Å². The van der Waals surface area contributed by atoms with Gasteiger partial charge in [0.2, 0.25) is 0 Å². The summed E-state index contributed by atoms with van der Waals surface area (Å²) in [4.78, 5) is 0. The quantitative estimate of drug-likeness (QED) is 0.137. The third-order valence-corrected chi connectivity index (χ3v) is 8.27. The van der Waals surface area contributed by atoms with Gasteiger partial charge in [-0.25, -0.2) is 0 Å². The molecule has 0 bridgehead atoms. The Morgan fingerprint density at radius 3 is 1.81 bits per heavy atom. The van der Waals surface area contributed by atoms with Gasteiger partial charge in [0.25, 0.3) is 0 Å². The highest BCUT2D eigenvalue weighted by molar-refractivity contribution is 9.10. The van der Waals surface area contributed by atoms with Crippen molar-refractivity contribution in [2.45, 2.75) is 57.1 Å². The summed E-state index contributed by atoms with van der Waals surface area (Å²) in [6, 6.07) is 35.7. The average Bonchev–Trinajstić information content (AvgIpc) is 3.04. The minimum absolute atomic E-state index is 0.268. The van der Waals surface area contributed by atoms with Crippen LogP contribution in [0.5, 0.6) is 0 Å². The molecule has 0 spiro atoms. The van der Waals surface area contributed by atoms with Gasteiger partial charge in [-0.3, -0.25) is 0 Å². The van der Waals surface area contributed by atoms with E-state index in [2.05, 4.69) is 15.9 Å². The lowest BCUT2D eigenvalue weighted by Gasteiger charge is -2.45. The number of halogens is 2. The summed E-state index contributed by atoms with van der Waals surface area (Å²) in [5.41, 5.74) is 4.11. The Morgan fingerprint density at radius 2 is 1.19 bits per heavy atom. The van der Waals surface area contributed by atoms with Gasteiger partial charge < -0.3 is 28.4 Å². The van der Waals surface area contributed by atoms with Crippen LogP contribution in [0.3, 0.4) is 0 Å². The number of hydrogen-bond donors (Lipinski definition) is 0. The Hall–Kier alpha value is -2.59. The lowest BCUT2D eigenvalue weighted by molar-refractivity contribution is -0.323. The van der Waals surface area contributed by atoms with Gasteiger partial charge in [0.15, 0.2) is 6.29 Å². The second-order valence-corrected chi connectivity index (χ2v) is 11.6. The highest BCUT2D eigenvalue weighted by Gasteiger charge is 2.48. The number of methoxy groups -OCH3 is 1. The van der Waals surface area contributed by atoms with Crippen LogP contribution in [0.25, 0.3) is 0 Å². The van der Waals surface area contributed by atoms with Crippen LogP contribution in [0.4, 0.5) is 0 Å². The molecule has 0 aliphatic carbocycles. The van der Waals surface area contributed by atoms with Gasteiger partial charge in [-0.2, -0.15) is 0 Å². The summed E-state index contributed by atoms with van der Waals surface area (Å²) >= 11 is 9.69. The van der Waals surface area contributed by atoms with E-state index in [0.717, 1.165) is 26.7 Å². The summed E-state index contributed by atoms with van der Waals surface area (Å²) in [5, 5.41) is 0.684. The molecule has 0 amide bonds. The fourth-order valence-corrected chi connectivity index (χ4v) is 5.50. The normalized spacial score (nSPS) is 22.0. The molecule has 0 aromatic heterocycles. The second kappa shape index (κ2) is 16.5. The fraction of sp³-hybridized carbons (Fsp3) is 0.314. The third kappa shape index (κ3) is 9.20. The summed E-state index contributed by atoms with van der Waals surface area (Å²) in [6.07, 6.45) is -2.79. The largest absolute Gasteiger partial charge is 0.374 e. The molecular formula is C35H36BrClO6. The van der Waals surface area contributed by atoms with E-state index < -0.39 is 30.7 Å². The van der Waals surface area contributed by atoms with Crippen LogP contribution in [0.2, 0.25) is 5.02 Å². The molecule has 6 nitrogen and oxygen atoms in total. The topological polar surface area (TPSA) is 55.4 Å². The van der Waals surface area contributed by atoms with Crippen LogP contribution in [0.1, 0.15) is 22.3 Å². The van der Waals surface area contributed by atoms with Gasteiger partial charge in [0.05, 0.1) is 33.0 Å². The fourth-order valence-electron chi connectivity index (χ4n) is 4.98. The number of benzene rings is 4. The van der Waals surface area contributed by atoms with Gasteiger partial charge in [-0.05, 0) is 40.5 Å². The maximum absolute atomic E-state index is 6.65. The number of rotatable bonds is 14. The summed E-state index contributed by atoms with van der Waals surface area (Å²) in [7, 11) is 1.62. The van der Waals surface area contributed by atoms with E-state index >= 15 is 0 Å². The first-order valence-electron chi connectivity index (χ1n) is 14.3. The molecular weight excluding hydrogens is 632 g/mol. The van der Waals surface area contributed by atoms with Crippen molar-refractivity contribution in [1.29, 1.82) is 0 Å². The molecule has 1 fully saturated rings. The van der Waals surface area contributed by atoms with Crippen molar-refractivity contribution in [1.82, 2.24) is 0 Å². The van der Waals surface area contributed by atoms with Crippen molar-refractivity contribution >= 4 is 27.5 Å². The zero-order chi connectivity index (χ0) is 29.9. The third-order valence-electron chi connectivity index (χ3n) is 7.25. The van der Waals surface area contributed by atoms with Crippen LogP contribution in [0, 0.1) is 0 Å². The van der Waals surface area contributed by atoms with Gasteiger partial charge >= 0.3 is 0 Å². The van der Waals surface area contributed by atoms with Crippen molar-refractivity contribution in [3.8, 4) is 0 Å². The van der Waals surface area contributed by atoms with Crippen molar-refractivity contribution in [3.63, 3.8) is 0 Å². The lowest BCUT2D eigenvalue weighted by atomic mass is 9.97. The molecule has 1 saturated heterocycles. The molecule has 43 heavy (non-hydrogen) atoms. The first-order valence-corrected chi connectivity index (χ1v) is 15.4. The maximum Gasteiger partial charge on any atom is 0.186 e. The predicted octanol–water partition coefficient (Wildman–Crippen LogP) is 7.75. The van der Waals surface area contributed by atoms with Gasteiger partial charge in [0, 0.05) is 16.6 Å². The minimum Gasteiger partial charge on any atom is -0.374 e.